The van der Waals surface area contributed by atoms with Gasteiger partial charge >= 0.3 is 0 Å². The summed E-state index contributed by atoms with van der Waals surface area (Å²) in [5, 5.41) is 7.63. The van der Waals surface area contributed by atoms with Crippen molar-refractivity contribution in [3.8, 4) is 0 Å². The summed E-state index contributed by atoms with van der Waals surface area (Å²) in [6.45, 7) is 0. The molecule has 1 aliphatic carbocycles. The van der Waals surface area contributed by atoms with Crippen LogP contribution in [-0.2, 0) is 0 Å². The van der Waals surface area contributed by atoms with Gasteiger partial charge in [-0.2, -0.15) is 5.10 Å². The number of rotatable bonds is 3. The van der Waals surface area contributed by atoms with Gasteiger partial charge in [0, 0.05) is 5.75 Å². The van der Waals surface area contributed by atoms with Crippen LogP contribution in [0.2, 0.25) is 0 Å². The molecule has 0 aromatic carbocycles. The third-order valence-electron chi connectivity index (χ3n) is 2.32. The first-order chi connectivity index (χ1) is 5.95. The molecule has 0 aliphatic heterocycles. The van der Waals surface area contributed by atoms with Crippen LogP contribution >= 0.6 is 11.8 Å². The zero-order valence-corrected chi connectivity index (χ0v) is 7.81. The van der Waals surface area contributed by atoms with E-state index in [4.69, 9.17) is 0 Å². The number of nitrogens with one attached hydrogen (secondary N) is 1. The van der Waals surface area contributed by atoms with Gasteiger partial charge in [-0.3, -0.25) is 5.10 Å². The Kier molecular flexibility index (Phi) is 2.66. The second kappa shape index (κ2) is 3.94. The van der Waals surface area contributed by atoms with Gasteiger partial charge < -0.3 is 0 Å². The Balaban J connectivity index is 1.74. The average molecular weight is 183 g/mol. The summed E-state index contributed by atoms with van der Waals surface area (Å²) in [6, 6.07) is 0. The minimum Gasteiger partial charge on any atom is -0.254 e. The topological polar surface area (TPSA) is 41.6 Å². The summed E-state index contributed by atoms with van der Waals surface area (Å²) in [5.74, 6) is 2.12. The third kappa shape index (κ3) is 2.00. The van der Waals surface area contributed by atoms with Crippen LogP contribution in [0.4, 0.5) is 0 Å². The van der Waals surface area contributed by atoms with Crippen LogP contribution in [0.5, 0.6) is 0 Å². The molecular weight excluding hydrogens is 170 g/mol. The molecule has 1 fully saturated rings. The molecule has 0 unspecified atom stereocenters. The van der Waals surface area contributed by atoms with Gasteiger partial charge in [0.25, 0.3) is 0 Å². The van der Waals surface area contributed by atoms with Gasteiger partial charge in [0.2, 0.25) is 0 Å². The lowest BCUT2D eigenvalue weighted by Gasteiger charge is -2.04. The van der Waals surface area contributed by atoms with Crippen molar-refractivity contribution >= 4 is 11.8 Å². The van der Waals surface area contributed by atoms with Crippen molar-refractivity contribution in [2.45, 2.75) is 30.8 Å². The maximum absolute atomic E-state index is 4.07. The molecule has 4 heteroatoms. The smallest absolute Gasteiger partial charge is 0.183 e. The van der Waals surface area contributed by atoms with E-state index in [1.807, 2.05) is 0 Å². The van der Waals surface area contributed by atoms with E-state index in [9.17, 15) is 0 Å². The standard InChI is InChI=1S/C8H13N3S/c1-2-4-7(3-1)5-12-8-9-6-10-11-8/h6-7H,1-5H2,(H,9,10,11). The van der Waals surface area contributed by atoms with Crippen molar-refractivity contribution < 1.29 is 0 Å². The molecule has 3 nitrogen and oxygen atoms in total. The molecule has 1 saturated carbocycles. The van der Waals surface area contributed by atoms with E-state index in [-0.39, 0.29) is 0 Å². The maximum Gasteiger partial charge on any atom is 0.183 e. The van der Waals surface area contributed by atoms with Crippen LogP contribution in [0, 0.1) is 5.92 Å². The van der Waals surface area contributed by atoms with E-state index in [1.165, 1.54) is 31.4 Å². The van der Waals surface area contributed by atoms with Crippen molar-refractivity contribution in [2.75, 3.05) is 5.75 Å². The molecule has 1 N–H and O–H groups in total. The number of hydrogen-bond acceptors (Lipinski definition) is 3. The van der Waals surface area contributed by atoms with E-state index in [0.717, 1.165) is 11.1 Å². The molecule has 1 aromatic heterocycles. The summed E-state index contributed by atoms with van der Waals surface area (Å²) in [6.07, 6.45) is 7.21. The van der Waals surface area contributed by atoms with Gasteiger partial charge in [-0.25, -0.2) is 4.98 Å². The van der Waals surface area contributed by atoms with E-state index in [2.05, 4.69) is 15.2 Å². The molecule has 1 aromatic rings. The first-order valence-corrected chi connectivity index (χ1v) is 5.42. The second-order valence-corrected chi connectivity index (χ2v) is 4.26. The molecule has 0 saturated heterocycles. The highest BCUT2D eigenvalue weighted by Crippen LogP contribution is 2.29. The molecule has 12 heavy (non-hydrogen) atoms. The third-order valence-corrected chi connectivity index (χ3v) is 3.43. The number of aromatic amines is 1. The molecule has 66 valence electrons. The van der Waals surface area contributed by atoms with E-state index >= 15 is 0 Å². The Morgan fingerprint density at radius 1 is 1.50 bits per heavy atom. The van der Waals surface area contributed by atoms with Crippen LogP contribution in [0.3, 0.4) is 0 Å². The summed E-state index contributed by atoms with van der Waals surface area (Å²) in [5.41, 5.74) is 0. The summed E-state index contributed by atoms with van der Waals surface area (Å²) >= 11 is 1.80. The Morgan fingerprint density at radius 3 is 3.00 bits per heavy atom. The minimum atomic E-state index is 0.917. The van der Waals surface area contributed by atoms with Crippen LogP contribution in [-0.4, -0.2) is 20.9 Å². The van der Waals surface area contributed by atoms with Gasteiger partial charge in [0.05, 0.1) is 0 Å². The zero-order chi connectivity index (χ0) is 8.23. The normalized spacial score (nSPS) is 18.7. The lowest BCUT2D eigenvalue weighted by Crippen LogP contribution is -1.96. The highest BCUT2D eigenvalue weighted by Gasteiger charge is 2.15. The lowest BCUT2D eigenvalue weighted by atomic mass is 10.1. The van der Waals surface area contributed by atoms with Gasteiger partial charge in [-0.05, 0) is 18.8 Å². The van der Waals surface area contributed by atoms with Crippen molar-refractivity contribution in [3.05, 3.63) is 6.33 Å². The molecule has 2 rings (SSSR count). The lowest BCUT2D eigenvalue weighted by molar-refractivity contribution is 0.622. The largest absolute Gasteiger partial charge is 0.254 e. The van der Waals surface area contributed by atoms with Crippen LogP contribution in [0.25, 0.3) is 0 Å². The van der Waals surface area contributed by atoms with E-state index in [0.29, 0.717) is 0 Å². The van der Waals surface area contributed by atoms with Gasteiger partial charge in [-0.1, -0.05) is 24.6 Å². The number of H-pyrrole nitrogens is 1. The van der Waals surface area contributed by atoms with Crippen molar-refractivity contribution in [1.82, 2.24) is 15.2 Å². The molecule has 0 amide bonds. The van der Waals surface area contributed by atoms with Crippen LogP contribution < -0.4 is 0 Å². The molecule has 0 radical (unpaired) electrons. The summed E-state index contributed by atoms with van der Waals surface area (Å²) in [7, 11) is 0. The molecule has 0 atom stereocenters. The van der Waals surface area contributed by atoms with E-state index < -0.39 is 0 Å². The predicted molar refractivity (Wildman–Crippen MR) is 49.1 cm³/mol. The molecule has 0 bridgehead atoms. The highest BCUT2D eigenvalue weighted by atomic mass is 32.2. The first-order valence-electron chi connectivity index (χ1n) is 4.43. The summed E-state index contributed by atoms with van der Waals surface area (Å²) < 4.78 is 0. The predicted octanol–water partition coefficient (Wildman–Crippen LogP) is 2.09. The fourth-order valence-electron chi connectivity index (χ4n) is 1.64. The zero-order valence-electron chi connectivity index (χ0n) is 6.99. The van der Waals surface area contributed by atoms with E-state index in [1.54, 1.807) is 18.1 Å². The van der Waals surface area contributed by atoms with Gasteiger partial charge in [0.15, 0.2) is 5.16 Å². The minimum absolute atomic E-state index is 0.917. The SMILES string of the molecule is c1n[nH]c(SCC2CCCC2)n1. The number of nitrogens with zero attached hydrogens (tertiary/aromatic N) is 2. The Morgan fingerprint density at radius 2 is 2.33 bits per heavy atom. The Labute approximate surface area is 76.4 Å². The maximum atomic E-state index is 4.07. The molecular formula is C8H13N3S. The molecule has 1 aliphatic rings. The van der Waals surface area contributed by atoms with Crippen molar-refractivity contribution in [1.29, 1.82) is 0 Å². The van der Waals surface area contributed by atoms with Crippen LogP contribution in [0.15, 0.2) is 11.5 Å². The van der Waals surface area contributed by atoms with Crippen LogP contribution in [0.1, 0.15) is 25.7 Å². The number of thioether (sulfide) groups is 1. The molecule has 1 heterocycles. The van der Waals surface area contributed by atoms with Gasteiger partial charge in [0.1, 0.15) is 6.33 Å². The Bertz CT molecular complexity index is 216. The summed E-state index contributed by atoms with van der Waals surface area (Å²) in [4.78, 5) is 4.07. The van der Waals surface area contributed by atoms with Crippen molar-refractivity contribution in [2.24, 2.45) is 5.92 Å². The number of aromatic nitrogens is 3. The fraction of sp³-hybridized carbons (Fsp3) is 0.750. The quantitative estimate of drug-likeness (QED) is 0.729. The Hall–Kier alpha value is -0.510. The van der Waals surface area contributed by atoms with Gasteiger partial charge in [-0.15, -0.1) is 0 Å². The molecule has 0 spiro atoms. The fourth-order valence-corrected chi connectivity index (χ4v) is 2.60. The number of hydrogen-bond donors (Lipinski definition) is 1. The second-order valence-electron chi connectivity index (χ2n) is 3.25. The monoisotopic (exact) mass is 183 g/mol. The highest BCUT2D eigenvalue weighted by molar-refractivity contribution is 7.99. The van der Waals surface area contributed by atoms with Crippen molar-refractivity contribution in [3.63, 3.8) is 0 Å². The first kappa shape index (κ1) is 8.10. The average Bonchev–Trinajstić information content (AvgIpc) is 2.74.